The third kappa shape index (κ3) is 2.77. The second-order valence-corrected chi connectivity index (χ2v) is 5.30. The molecule has 2 heterocycles. The van der Waals surface area contributed by atoms with Gasteiger partial charge >= 0.3 is 0 Å². The van der Waals surface area contributed by atoms with Crippen LogP contribution in [0.3, 0.4) is 0 Å². The highest BCUT2D eigenvalue weighted by molar-refractivity contribution is 6.03. The largest absolute Gasteiger partial charge is 0.492 e. The fourth-order valence-corrected chi connectivity index (χ4v) is 2.47. The predicted molar refractivity (Wildman–Crippen MR) is 80.6 cm³/mol. The molecule has 6 nitrogen and oxygen atoms in total. The number of hydrogen-bond acceptors (Lipinski definition) is 5. The van der Waals surface area contributed by atoms with Gasteiger partial charge in [0.1, 0.15) is 23.4 Å². The minimum atomic E-state index is -0.344. The summed E-state index contributed by atoms with van der Waals surface area (Å²) in [6, 6.07) is 5.31. The Kier molecular flexibility index (Phi) is 3.75. The number of carbonyl (C=O) groups excluding carboxylic acids is 1. The molecule has 116 valence electrons. The van der Waals surface area contributed by atoms with E-state index in [4.69, 9.17) is 14.0 Å². The number of benzene rings is 1. The summed E-state index contributed by atoms with van der Waals surface area (Å²) in [5.74, 6) is 1.65. The lowest BCUT2D eigenvalue weighted by Gasteiger charge is -2.12. The Balaban J connectivity index is 1.89. The maximum absolute atomic E-state index is 12.2. The van der Waals surface area contributed by atoms with Crippen molar-refractivity contribution in [1.29, 1.82) is 0 Å². The Morgan fingerprint density at radius 3 is 2.95 bits per heavy atom. The van der Waals surface area contributed by atoms with E-state index in [1.54, 1.807) is 19.1 Å². The quantitative estimate of drug-likeness (QED) is 0.940. The van der Waals surface area contributed by atoms with Crippen LogP contribution in [0.4, 0.5) is 5.69 Å². The fraction of sp³-hybridized carbons (Fsp3) is 0.375. The molecule has 1 amide bonds. The smallest absolute Gasteiger partial charge is 0.277 e. The van der Waals surface area contributed by atoms with E-state index in [0.29, 0.717) is 23.8 Å². The molecule has 0 saturated carbocycles. The number of rotatable bonds is 4. The molecule has 0 aliphatic carbocycles. The summed E-state index contributed by atoms with van der Waals surface area (Å²) in [5.41, 5.74) is 1.89. The second-order valence-electron chi connectivity index (χ2n) is 5.30. The van der Waals surface area contributed by atoms with Crippen LogP contribution in [0.5, 0.6) is 11.5 Å². The standard InChI is InChI=1S/C16H18N2O4/c1-4-20-15-7-11-5-9(2)21-14(11)8-12(15)17-16(19)13-6-10(3)22-18-13/h6-9H,4-5H2,1-3H3,(H,17,19)/t9-/m1/s1. The van der Waals surface area contributed by atoms with E-state index in [-0.39, 0.29) is 17.7 Å². The molecule has 6 heteroatoms. The van der Waals surface area contributed by atoms with Crippen LogP contribution in [0.25, 0.3) is 0 Å². The Morgan fingerprint density at radius 2 is 2.27 bits per heavy atom. The zero-order valence-electron chi connectivity index (χ0n) is 12.8. The van der Waals surface area contributed by atoms with Gasteiger partial charge in [-0.25, -0.2) is 0 Å². The van der Waals surface area contributed by atoms with Crippen molar-refractivity contribution < 1.29 is 18.8 Å². The van der Waals surface area contributed by atoms with Gasteiger partial charge in [0.2, 0.25) is 0 Å². The molecule has 0 bridgehead atoms. The van der Waals surface area contributed by atoms with Crippen LogP contribution in [-0.4, -0.2) is 23.8 Å². The summed E-state index contributed by atoms with van der Waals surface area (Å²) in [6.07, 6.45) is 0.972. The van der Waals surface area contributed by atoms with Crippen LogP contribution in [0.1, 0.15) is 35.7 Å². The van der Waals surface area contributed by atoms with Gasteiger partial charge in [-0.1, -0.05) is 5.16 Å². The van der Waals surface area contributed by atoms with Gasteiger partial charge in [-0.3, -0.25) is 4.79 Å². The van der Waals surface area contributed by atoms with Crippen LogP contribution in [0.2, 0.25) is 0 Å². The highest BCUT2D eigenvalue weighted by atomic mass is 16.5. The number of fused-ring (bicyclic) bond motifs is 1. The third-order valence-electron chi connectivity index (χ3n) is 3.41. The van der Waals surface area contributed by atoms with Crippen molar-refractivity contribution in [3.05, 3.63) is 35.2 Å². The van der Waals surface area contributed by atoms with Crippen molar-refractivity contribution in [2.75, 3.05) is 11.9 Å². The summed E-state index contributed by atoms with van der Waals surface area (Å²) in [4.78, 5) is 12.2. The molecule has 22 heavy (non-hydrogen) atoms. The maximum atomic E-state index is 12.2. The van der Waals surface area contributed by atoms with Gasteiger partial charge < -0.3 is 19.3 Å². The van der Waals surface area contributed by atoms with E-state index in [1.165, 1.54) is 0 Å². The number of anilines is 1. The molecule has 0 unspecified atom stereocenters. The molecular weight excluding hydrogens is 284 g/mol. The highest BCUT2D eigenvalue weighted by Gasteiger charge is 2.23. The molecule has 0 radical (unpaired) electrons. The molecule has 0 spiro atoms. The fourth-order valence-electron chi connectivity index (χ4n) is 2.47. The van der Waals surface area contributed by atoms with E-state index >= 15 is 0 Å². The average molecular weight is 302 g/mol. The minimum Gasteiger partial charge on any atom is -0.492 e. The molecule has 1 aromatic heterocycles. The Labute approximate surface area is 128 Å². The molecule has 1 aliphatic heterocycles. The average Bonchev–Trinajstić information content (AvgIpc) is 3.04. The molecular formula is C16H18N2O4. The van der Waals surface area contributed by atoms with Crippen molar-refractivity contribution >= 4 is 11.6 Å². The predicted octanol–water partition coefficient (Wildman–Crippen LogP) is 2.96. The lowest BCUT2D eigenvalue weighted by Crippen LogP contribution is -2.13. The Morgan fingerprint density at radius 1 is 1.45 bits per heavy atom. The molecule has 0 saturated heterocycles. The zero-order valence-corrected chi connectivity index (χ0v) is 12.8. The van der Waals surface area contributed by atoms with Crippen molar-refractivity contribution in [2.45, 2.75) is 33.3 Å². The van der Waals surface area contributed by atoms with Gasteiger partial charge in [0.05, 0.1) is 12.3 Å². The van der Waals surface area contributed by atoms with Crippen molar-refractivity contribution in [3.63, 3.8) is 0 Å². The number of aryl methyl sites for hydroxylation is 1. The number of nitrogens with zero attached hydrogens (tertiary/aromatic N) is 1. The van der Waals surface area contributed by atoms with Crippen LogP contribution < -0.4 is 14.8 Å². The maximum Gasteiger partial charge on any atom is 0.277 e. The molecule has 0 fully saturated rings. The number of aromatic nitrogens is 1. The first kappa shape index (κ1) is 14.4. The molecule has 1 atom stereocenters. The van der Waals surface area contributed by atoms with E-state index < -0.39 is 0 Å². The SMILES string of the molecule is CCOc1cc2c(cc1NC(=O)c1cc(C)on1)O[C@H](C)C2. The first-order valence-electron chi connectivity index (χ1n) is 7.28. The van der Waals surface area contributed by atoms with Gasteiger partial charge in [0.25, 0.3) is 5.91 Å². The molecule has 1 aromatic carbocycles. The van der Waals surface area contributed by atoms with Gasteiger partial charge in [-0.05, 0) is 26.8 Å². The van der Waals surface area contributed by atoms with Gasteiger partial charge in [0, 0.05) is 24.1 Å². The van der Waals surface area contributed by atoms with Crippen molar-refractivity contribution in [2.24, 2.45) is 0 Å². The number of ether oxygens (including phenoxy) is 2. The number of carbonyl (C=O) groups is 1. The summed E-state index contributed by atoms with van der Waals surface area (Å²) in [6.45, 7) is 6.16. The van der Waals surface area contributed by atoms with E-state index in [1.807, 2.05) is 19.9 Å². The van der Waals surface area contributed by atoms with Gasteiger partial charge in [-0.2, -0.15) is 0 Å². The summed E-state index contributed by atoms with van der Waals surface area (Å²) >= 11 is 0. The van der Waals surface area contributed by atoms with Crippen LogP contribution in [0.15, 0.2) is 22.7 Å². The van der Waals surface area contributed by atoms with Crippen molar-refractivity contribution in [1.82, 2.24) is 5.16 Å². The minimum absolute atomic E-state index is 0.133. The third-order valence-corrected chi connectivity index (χ3v) is 3.41. The topological polar surface area (TPSA) is 73.6 Å². The molecule has 3 rings (SSSR count). The Bertz CT molecular complexity index is 708. The molecule has 1 aliphatic rings. The summed E-state index contributed by atoms with van der Waals surface area (Å²) in [5, 5.41) is 6.52. The second kappa shape index (κ2) is 5.71. The first-order valence-corrected chi connectivity index (χ1v) is 7.28. The van der Waals surface area contributed by atoms with Crippen molar-refractivity contribution in [3.8, 4) is 11.5 Å². The Hall–Kier alpha value is -2.50. The molecule has 1 N–H and O–H groups in total. The summed E-state index contributed by atoms with van der Waals surface area (Å²) < 4.78 is 16.3. The van der Waals surface area contributed by atoms with E-state index in [0.717, 1.165) is 17.7 Å². The monoisotopic (exact) mass is 302 g/mol. The van der Waals surface area contributed by atoms with Crippen LogP contribution in [-0.2, 0) is 6.42 Å². The first-order chi connectivity index (χ1) is 10.6. The number of amides is 1. The number of nitrogens with one attached hydrogen (secondary N) is 1. The van der Waals surface area contributed by atoms with E-state index in [2.05, 4.69) is 10.5 Å². The lowest BCUT2D eigenvalue weighted by molar-refractivity contribution is 0.101. The molecule has 2 aromatic rings. The number of hydrogen-bond donors (Lipinski definition) is 1. The van der Waals surface area contributed by atoms with Gasteiger partial charge in [0.15, 0.2) is 5.69 Å². The summed E-state index contributed by atoms with van der Waals surface area (Å²) in [7, 11) is 0. The van der Waals surface area contributed by atoms with Crippen LogP contribution >= 0.6 is 0 Å². The highest BCUT2D eigenvalue weighted by Crippen LogP contribution is 2.38. The van der Waals surface area contributed by atoms with Crippen LogP contribution in [0, 0.1) is 6.92 Å². The van der Waals surface area contributed by atoms with Gasteiger partial charge in [-0.15, -0.1) is 0 Å². The lowest BCUT2D eigenvalue weighted by atomic mass is 10.1. The van der Waals surface area contributed by atoms with E-state index in [9.17, 15) is 4.79 Å². The normalized spacial score (nSPS) is 16.0. The zero-order chi connectivity index (χ0) is 15.7.